The molecule has 3 aromatic rings. The Hall–Kier alpha value is -2.60. The molecule has 0 atom stereocenters. The molecule has 2 aromatic heterocycles. The van der Waals surface area contributed by atoms with Crippen molar-refractivity contribution in [2.24, 2.45) is 0 Å². The smallest absolute Gasteiger partial charge is 0.275 e. The summed E-state index contributed by atoms with van der Waals surface area (Å²) in [6.45, 7) is 2.78. The number of fused-ring (bicyclic) bond motifs is 1. The van der Waals surface area contributed by atoms with Crippen molar-refractivity contribution in [3.8, 4) is 0 Å². The number of benzene rings is 1. The number of aryl methyl sites for hydroxylation is 1. The molecule has 0 aliphatic carbocycles. The van der Waals surface area contributed by atoms with Gasteiger partial charge in [0.25, 0.3) is 5.91 Å². The monoisotopic (exact) mass is 345 g/mol. The molecule has 24 heavy (non-hydrogen) atoms. The predicted octanol–water partition coefficient (Wildman–Crippen LogP) is 2.64. The Kier molecular flexibility index (Phi) is 4.66. The molecular weight excluding hydrogens is 330 g/mol. The molecule has 0 radical (unpaired) electrons. The van der Waals surface area contributed by atoms with Crippen molar-refractivity contribution in [3.63, 3.8) is 0 Å². The standard InChI is InChI=1S/C17H16ClN3O3/c1-2-21-14-6-5-11(18)10-13(14)16(22)15(20-21)17(23)19-8-7-12-4-3-9-24-12/h3-6,9-10H,2,7-8H2,1H3,(H,19,23). The molecule has 0 fully saturated rings. The Balaban J connectivity index is 1.89. The van der Waals surface area contributed by atoms with Crippen LogP contribution >= 0.6 is 11.6 Å². The number of hydrogen-bond donors (Lipinski definition) is 1. The molecule has 1 aromatic carbocycles. The number of rotatable bonds is 5. The molecular formula is C17H16ClN3O3. The van der Waals surface area contributed by atoms with Gasteiger partial charge in [0.05, 0.1) is 17.2 Å². The van der Waals surface area contributed by atoms with Crippen molar-refractivity contribution >= 4 is 28.4 Å². The first-order valence-corrected chi connectivity index (χ1v) is 7.99. The van der Waals surface area contributed by atoms with Crippen LogP contribution in [0.2, 0.25) is 5.02 Å². The number of hydrogen-bond acceptors (Lipinski definition) is 4. The van der Waals surface area contributed by atoms with Gasteiger partial charge in [0.1, 0.15) is 5.76 Å². The first kappa shape index (κ1) is 16.3. The fourth-order valence-corrected chi connectivity index (χ4v) is 2.66. The van der Waals surface area contributed by atoms with Crippen LogP contribution in [0.25, 0.3) is 10.9 Å². The summed E-state index contributed by atoms with van der Waals surface area (Å²) in [5, 5.41) is 7.72. The second-order valence-corrected chi connectivity index (χ2v) is 5.68. The summed E-state index contributed by atoms with van der Waals surface area (Å²) in [7, 11) is 0. The van der Waals surface area contributed by atoms with E-state index in [1.807, 2.05) is 13.0 Å². The maximum Gasteiger partial charge on any atom is 0.275 e. The van der Waals surface area contributed by atoms with Gasteiger partial charge in [-0.3, -0.25) is 14.3 Å². The normalized spacial score (nSPS) is 10.9. The Morgan fingerprint density at radius 1 is 1.38 bits per heavy atom. The molecule has 1 amide bonds. The third-order valence-electron chi connectivity index (χ3n) is 3.67. The molecule has 0 spiro atoms. The van der Waals surface area contributed by atoms with E-state index in [4.69, 9.17) is 16.0 Å². The number of amides is 1. The SMILES string of the molecule is CCn1nc(C(=O)NCCc2ccco2)c(=O)c2cc(Cl)ccc21. The van der Waals surface area contributed by atoms with Gasteiger partial charge in [-0.1, -0.05) is 11.6 Å². The molecule has 6 nitrogen and oxygen atoms in total. The molecule has 3 rings (SSSR count). The van der Waals surface area contributed by atoms with Crippen LogP contribution in [0.5, 0.6) is 0 Å². The summed E-state index contributed by atoms with van der Waals surface area (Å²) in [5.41, 5.74) is 0.0952. The number of nitrogens with zero attached hydrogens (tertiary/aromatic N) is 2. The lowest BCUT2D eigenvalue weighted by Crippen LogP contribution is -2.33. The minimum atomic E-state index is -0.504. The predicted molar refractivity (Wildman–Crippen MR) is 91.4 cm³/mol. The van der Waals surface area contributed by atoms with Crippen molar-refractivity contribution in [1.82, 2.24) is 15.1 Å². The Bertz CT molecular complexity index is 932. The van der Waals surface area contributed by atoms with E-state index in [0.717, 1.165) is 5.76 Å². The van der Waals surface area contributed by atoms with E-state index in [9.17, 15) is 9.59 Å². The molecule has 0 aliphatic heterocycles. The zero-order valence-electron chi connectivity index (χ0n) is 13.1. The molecule has 7 heteroatoms. The van der Waals surface area contributed by atoms with Crippen LogP contribution in [0.1, 0.15) is 23.2 Å². The summed E-state index contributed by atoms with van der Waals surface area (Å²) < 4.78 is 6.82. The number of halogens is 1. The van der Waals surface area contributed by atoms with Crippen molar-refractivity contribution < 1.29 is 9.21 Å². The van der Waals surface area contributed by atoms with Gasteiger partial charge in [0.15, 0.2) is 5.69 Å². The summed E-state index contributed by atoms with van der Waals surface area (Å²) in [6.07, 6.45) is 2.12. The van der Waals surface area contributed by atoms with Crippen LogP contribution in [0.4, 0.5) is 0 Å². The highest BCUT2D eigenvalue weighted by Crippen LogP contribution is 2.16. The highest BCUT2D eigenvalue weighted by atomic mass is 35.5. The number of nitrogens with one attached hydrogen (secondary N) is 1. The minimum Gasteiger partial charge on any atom is -0.469 e. The number of carbonyl (C=O) groups excluding carboxylic acids is 1. The molecule has 0 aliphatic rings. The second kappa shape index (κ2) is 6.88. The molecule has 0 unspecified atom stereocenters. The lowest BCUT2D eigenvalue weighted by Gasteiger charge is -2.10. The van der Waals surface area contributed by atoms with E-state index in [1.165, 1.54) is 0 Å². The molecule has 1 N–H and O–H groups in total. The summed E-state index contributed by atoms with van der Waals surface area (Å²) >= 11 is 5.98. The van der Waals surface area contributed by atoms with Gasteiger partial charge in [0.2, 0.25) is 5.43 Å². The Labute approximate surface area is 143 Å². The van der Waals surface area contributed by atoms with Gasteiger partial charge in [-0.2, -0.15) is 5.10 Å². The summed E-state index contributed by atoms with van der Waals surface area (Å²) in [4.78, 5) is 24.9. The molecule has 0 saturated heterocycles. The fraction of sp³-hybridized carbons (Fsp3) is 0.235. The van der Waals surface area contributed by atoms with Crippen LogP contribution in [0.3, 0.4) is 0 Å². The van der Waals surface area contributed by atoms with E-state index < -0.39 is 11.3 Å². The van der Waals surface area contributed by atoms with Crippen molar-refractivity contribution in [1.29, 1.82) is 0 Å². The Morgan fingerprint density at radius 2 is 2.21 bits per heavy atom. The van der Waals surface area contributed by atoms with Gasteiger partial charge in [-0.25, -0.2) is 0 Å². The quantitative estimate of drug-likeness (QED) is 0.771. The maximum absolute atomic E-state index is 12.6. The van der Waals surface area contributed by atoms with E-state index in [-0.39, 0.29) is 5.69 Å². The fourth-order valence-electron chi connectivity index (χ4n) is 2.49. The summed E-state index contributed by atoms with van der Waals surface area (Å²) in [6, 6.07) is 8.60. The van der Waals surface area contributed by atoms with Crippen molar-refractivity contribution in [3.05, 3.63) is 63.3 Å². The highest BCUT2D eigenvalue weighted by molar-refractivity contribution is 6.31. The number of furan rings is 1. The number of carbonyl (C=O) groups is 1. The van der Waals surface area contributed by atoms with Gasteiger partial charge in [0, 0.05) is 24.5 Å². The lowest BCUT2D eigenvalue weighted by atomic mass is 10.2. The van der Waals surface area contributed by atoms with Gasteiger partial charge >= 0.3 is 0 Å². The zero-order valence-corrected chi connectivity index (χ0v) is 13.8. The zero-order chi connectivity index (χ0) is 17.1. The third-order valence-corrected chi connectivity index (χ3v) is 3.90. The molecule has 124 valence electrons. The van der Waals surface area contributed by atoms with E-state index in [2.05, 4.69) is 10.4 Å². The number of aromatic nitrogens is 2. The highest BCUT2D eigenvalue weighted by Gasteiger charge is 2.17. The van der Waals surface area contributed by atoms with Gasteiger partial charge < -0.3 is 9.73 Å². The van der Waals surface area contributed by atoms with E-state index in [1.54, 1.807) is 35.2 Å². The minimum absolute atomic E-state index is 0.133. The lowest BCUT2D eigenvalue weighted by molar-refractivity contribution is 0.0945. The van der Waals surface area contributed by atoms with Crippen molar-refractivity contribution in [2.45, 2.75) is 19.9 Å². The van der Waals surface area contributed by atoms with E-state index >= 15 is 0 Å². The topological polar surface area (TPSA) is 77.1 Å². The van der Waals surface area contributed by atoms with Crippen LogP contribution in [-0.4, -0.2) is 22.2 Å². The largest absolute Gasteiger partial charge is 0.469 e. The van der Waals surface area contributed by atoms with Crippen molar-refractivity contribution in [2.75, 3.05) is 6.54 Å². The van der Waals surface area contributed by atoms with Gasteiger partial charge in [-0.15, -0.1) is 0 Å². The maximum atomic E-state index is 12.6. The average Bonchev–Trinajstić information content (AvgIpc) is 3.09. The van der Waals surface area contributed by atoms with Gasteiger partial charge in [-0.05, 0) is 37.3 Å². The molecule has 0 saturated carbocycles. The van der Waals surface area contributed by atoms with Crippen LogP contribution in [0, 0.1) is 0 Å². The van der Waals surface area contributed by atoms with E-state index in [0.29, 0.717) is 35.4 Å². The summed E-state index contributed by atoms with van der Waals surface area (Å²) in [5.74, 6) is 0.259. The van der Waals surface area contributed by atoms with Crippen LogP contribution in [0.15, 0.2) is 45.8 Å². The van der Waals surface area contributed by atoms with Crippen LogP contribution in [-0.2, 0) is 13.0 Å². The first-order valence-electron chi connectivity index (χ1n) is 7.61. The Morgan fingerprint density at radius 3 is 2.92 bits per heavy atom. The van der Waals surface area contributed by atoms with Crippen LogP contribution < -0.4 is 10.7 Å². The first-order chi connectivity index (χ1) is 11.6. The molecule has 0 bridgehead atoms. The second-order valence-electron chi connectivity index (χ2n) is 5.24. The third kappa shape index (κ3) is 3.19. The molecule has 2 heterocycles. The average molecular weight is 346 g/mol.